The van der Waals surface area contributed by atoms with E-state index in [2.05, 4.69) is 0 Å². The van der Waals surface area contributed by atoms with Crippen molar-refractivity contribution >= 4 is 11.9 Å². The molecule has 1 aliphatic rings. The molecule has 4 rings (SSSR count). The normalized spacial score (nSPS) is 13.5. The van der Waals surface area contributed by atoms with Gasteiger partial charge in [0.05, 0.1) is 26.9 Å². The summed E-state index contributed by atoms with van der Waals surface area (Å²) in [6.07, 6.45) is 1.65. The first-order valence-corrected chi connectivity index (χ1v) is 10.1. The Morgan fingerprint density at radius 2 is 1.56 bits per heavy atom. The Morgan fingerprint density at radius 3 is 2.19 bits per heavy atom. The van der Waals surface area contributed by atoms with Gasteiger partial charge in [-0.1, -0.05) is 29.8 Å². The topological polar surface area (TPSA) is 63.2 Å². The number of methoxy groups -OCH3 is 3. The molecule has 3 aromatic rings. The predicted molar refractivity (Wildman–Crippen MR) is 121 cm³/mol. The zero-order valence-corrected chi connectivity index (χ0v) is 18.4. The van der Waals surface area contributed by atoms with Gasteiger partial charge in [-0.3, -0.25) is 4.79 Å². The molecule has 3 aromatic carbocycles. The highest BCUT2D eigenvalue weighted by Gasteiger charge is 2.28. The van der Waals surface area contributed by atoms with Gasteiger partial charge < -0.3 is 23.7 Å². The summed E-state index contributed by atoms with van der Waals surface area (Å²) < 4.78 is 27.8. The fourth-order valence-electron chi connectivity index (χ4n) is 3.44. The van der Waals surface area contributed by atoms with Crippen LogP contribution in [0.15, 0.2) is 60.4 Å². The molecule has 0 radical (unpaired) electrons. The molecule has 0 aliphatic carbocycles. The van der Waals surface area contributed by atoms with Crippen molar-refractivity contribution in [3.8, 4) is 28.7 Å². The average Bonchev–Trinajstić information content (AvgIpc) is 3.12. The minimum Gasteiger partial charge on any atom is -0.493 e. The van der Waals surface area contributed by atoms with E-state index in [0.29, 0.717) is 46.5 Å². The Bertz CT molecular complexity index is 1150. The second kappa shape index (κ2) is 9.06. The van der Waals surface area contributed by atoms with Crippen LogP contribution in [0.25, 0.3) is 6.08 Å². The van der Waals surface area contributed by atoms with Gasteiger partial charge >= 0.3 is 0 Å². The lowest BCUT2D eigenvalue weighted by Crippen LogP contribution is -1.99. The first-order valence-electron chi connectivity index (χ1n) is 10.1. The molecule has 0 unspecified atom stereocenters. The molecule has 0 saturated carbocycles. The van der Waals surface area contributed by atoms with Crippen molar-refractivity contribution in [3.63, 3.8) is 0 Å². The molecule has 0 N–H and O–H groups in total. The Balaban J connectivity index is 1.55. The van der Waals surface area contributed by atoms with Crippen LogP contribution in [0, 0.1) is 6.92 Å². The van der Waals surface area contributed by atoms with Crippen LogP contribution in [0.3, 0.4) is 0 Å². The van der Waals surface area contributed by atoms with Gasteiger partial charge in [-0.15, -0.1) is 0 Å². The molecule has 1 aliphatic heterocycles. The van der Waals surface area contributed by atoms with Gasteiger partial charge in [-0.2, -0.15) is 0 Å². The maximum absolute atomic E-state index is 12.8. The summed E-state index contributed by atoms with van der Waals surface area (Å²) in [4.78, 5) is 12.8. The lowest BCUT2D eigenvalue weighted by molar-refractivity contribution is 0.101. The molecule has 0 aromatic heterocycles. The second-order valence-corrected chi connectivity index (χ2v) is 7.33. The van der Waals surface area contributed by atoms with Gasteiger partial charge in [0.1, 0.15) is 18.1 Å². The maximum Gasteiger partial charge on any atom is 0.231 e. The number of ketones is 1. The standard InChI is InChI=1S/C26H24O6/c1-16-5-7-17(8-6-16)15-31-19-9-10-20-21(14-19)32-22(25(20)27)11-18-12-23(28-2)26(30-4)24(13-18)29-3/h5-14H,15H2,1-4H3/b22-11-. The van der Waals surface area contributed by atoms with Crippen LogP contribution in [-0.2, 0) is 6.61 Å². The van der Waals surface area contributed by atoms with Crippen molar-refractivity contribution < 1.29 is 28.5 Å². The van der Waals surface area contributed by atoms with Gasteiger partial charge in [0, 0.05) is 6.07 Å². The largest absolute Gasteiger partial charge is 0.493 e. The third-order valence-electron chi connectivity index (χ3n) is 5.15. The van der Waals surface area contributed by atoms with Crippen molar-refractivity contribution in [2.45, 2.75) is 13.5 Å². The van der Waals surface area contributed by atoms with Crippen molar-refractivity contribution in [2.75, 3.05) is 21.3 Å². The molecule has 6 heteroatoms. The number of fused-ring (bicyclic) bond motifs is 1. The number of hydrogen-bond acceptors (Lipinski definition) is 6. The molecule has 1 heterocycles. The van der Waals surface area contributed by atoms with E-state index in [1.54, 1.807) is 50.6 Å². The van der Waals surface area contributed by atoms with E-state index in [1.165, 1.54) is 12.7 Å². The highest BCUT2D eigenvalue weighted by molar-refractivity contribution is 6.14. The van der Waals surface area contributed by atoms with E-state index in [4.69, 9.17) is 23.7 Å². The fraction of sp³-hybridized carbons (Fsp3) is 0.192. The van der Waals surface area contributed by atoms with Gasteiger partial charge in [0.2, 0.25) is 11.5 Å². The first-order chi connectivity index (χ1) is 15.5. The van der Waals surface area contributed by atoms with Crippen LogP contribution < -0.4 is 23.7 Å². The quantitative estimate of drug-likeness (QED) is 0.477. The molecule has 0 saturated heterocycles. The van der Waals surface area contributed by atoms with E-state index < -0.39 is 0 Å². The average molecular weight is 432 g/mol. The minimum absolute atomic E-state index is 0.196. The number of hydrogen-bond donors (Lipinski definition) is 0. The molecule has 32 heavy (non-hydrogen) atoms. The summed E-state index contributed by atoms with van der Waals surface area (Å²) in [6, 6.07) is 16.9. The molecule has 0 atom stereocenters. The molecular formula is C26H24O6. The lowest BCUT2D eigenvalue weighted by atomic mass is 10.1. The third-order valence-corrected chi connectivity index (χ3v) is 5.15. The summed E-state index contributed by atoms with van der Waals surface area (Å²) in [5, 5.41) is 0. The second-order valence-electron chi connectivity index (χ2n) is 7.33. The Kier molecular flexibility index (Phi) is 6.03. The lowest BCUT2D eigenvalue weighted by Gasteiger charge is -2.13. The molecule has 6 nitrogen and oxygen atoms in total. The summed E-state index contributed by atoms with van der Waals surface area (Å²) in [5.74, 6) is 2.58. The van der Waals surface area contributed by atoms with E-state index in [0.717, 1.165) is 5.56 Å². The first kappa shape index (κ1) is 21.3. The molecule has 0 spiro atoms. The number of aryl methyl sites for hydroxylation is 1. The number of rotatable bonds is 7. The minimum atomic E-state index is -0.196. The summed E-state index contributed by atoms with van der Waals surface area (Å²) in [5.41, 5.74) is 3.44. The highest BCUT2D eigenvalue weighted by Crippen LogP contribution is 2.40. The molecule has 0 bridgehead atoms. The van der Waals surface area contributed by atoms with Crippen molar-refractivity contribution in [1.29, 1.82) is 0 Å². The Hall–Kier alpha value is -3.93. The number of Topliss-reactive ketones (excluding diaryl/α,β-unsaturated/α-hetero) is 1. The van der Waals surface area contributed by atoms with E-state index in [-0.39, 0.29) is 11.5 Å². The molecule has 0 fully saturated rings. The van der Waals surface area contributed by atoms with Crippen LogP contribution >= 0.6 is 0 Å². The summed E-state index contributed by atoms with van der Waals surface area (Å²) in [7, 11) is 4.62. The van der Waals surface area contributed by atoms with Gasteiger partial charge in [0.25, 0.3) is 0 Å². The van der Waals surface area contributed by atoms with Crippen LogP contribution in [0.2, 0.25) is 0 Å². The van der Waals surface area contributed by atoms with Crippen molar-refractivity contribution in [2.24, 2.45) is 0 Å². The molecular weight excluding hydrogens is 408 g/mol. The zero-order chi connectivity index (χ0) is 22.7. The monoisotopic (exact) mass is 432 g/mol. The van der Waals surface area contributed by atoms with Crippen LogP contribution in [-0.4, -0.2) is 27.1 Å². The number of benzene rings is 3. The van der Waals surface area contributed by atoms with Crippen molar-refractivity contribution in [1.82, 2.24) is 0 Å². The maximum atomic E-state index is 12.8. The predicted octanol–water partition coefficient (Wildman–Crippen LogP) is 5.22. The van der Waals surface area contributed by atoms with Gasteiger partial charge in [-0.25, -0.2) is 0 Å². The Labute approximate surface area is 186 Å². The highest BCUT2D eigenvalue weighted by atomic mass is 16.5. The Morgan fingerprint density at radius 1 is 0.875 bits per heavy atom. The fourth-order valence-corrected chi connectivity index (χ4v) is 3.44. The van der Waals surface area contributed by atoms with Crippen LogP contribution in [0.4, 0.5) is 0 Å². The molecule has 164 valence electrons. The van der Waals surface area contributed by atoms with Crippen LogP contribution in [0.1, 0.15) is 27.0 Å². The SMILES string of the molecule is COc1cc(/C=C2\Oc3cc(OCc4ccc(C)cc4)ccc3C2=O)cc(OC)c1OC. The summed E-state index contributed by atoms with van der Waals surface area (Å²) >= 11 is 0. The summed E-state index contributed by atoms with van der Waals surface area (Å²) in [6.45, 7) is 2.48. The zero-order valence-electron chi connectivity index (χ0n) is 18.4. The number of ether oxygens (including phenoxy) is 5. The van der Waals surface area contributed by atoms with Crippen molar-refractivity contribution in [3.05, 3.63) is 82.6 Å². The molecule has 0 amide bonds. The smallest absolute Gasteiger partial charge is 0.231 e. The van der Waals surface area contributed by atoms with E-state index in [1.807, 2.05) is 31.2 Å². The number of allylic oxidation sites excluding steroid dienone is 1. The van der Waals surface area contributed by atoms with Crippen LogP contribution in [0.5, 0.6) is 28.7 Å². The van der Waals surface area contributed by atoms with Gasteiger partial charge in [0.15, 0.2) is 17.3 Å². The van der Waals surface area contributed by atoms with E-state index in [9.17, 15) is 4.79 Å². The number of carbonyl (C=O) groups is 1. The van der Waals surface area contributed by atoms with Gasteiger partial charge in [-0.05, 0) is 48.4 Å². The number of carbonyl (C=O) groups excluding carboxylic acids is 1. The third kappa shape index (κ3) is 4.25. The van der Waals surface area contributed by atoms with E-state index >= 15 is 0 Å².